The quantitative estimate of drug-likeness (QED) is 0.647. The molecule has 0 bridgehead atoms. The lowest BCUT2D eigenvalue weighted by molar-refractivity contribution is 0.188. The van der Waals surface area contributed by atoms with E-state index < -0.39 is 0 Å². The summed E-state index contributed by atoms with van der Waals surface area (Å²) in [5, 5.41) is 3.41. The van der Waals surface area contributed by atoms with Crippen LogP contribution >= 0.6 is 0 Å². The molecular weight excluding hydrogens is 188 g/mol. The van der Waals surface area contributed by atoms with Gasteiger partial charge in [-0.3, -0.25) is 4.90 Å². The van der Waals surface area contributed by atoms with Crippen molar-refractivity contribution in [3.63, 3.8) is 0 Å². The van der Waals surface area contributed by atoms with Crippen LogP contribution in [0.4, 0.5) is 0 Å². The first-order chi connectivity index (χ1) is 7.25. The lowest BCUT2D eigenvalue weighted by Gasteiger charge is -2.27. The molecule has 3 heteroatoms. The second kappa shape index (κ2) is 7.20. The van der Waals surface area contributed by atoms with E-state index in [1.54, 1.807) is 7.11 Å². The highest BCUT2D eigenvalue weighted by atomic mass is 16.5. The van der Waals surface area contributed by atoms with Crippen molar-refractivity contribution in [3.8, 4) is 0 Å². The molecule has 0 spiro atoms. The lowest BCUT2D eigenvalue weighted by atomic mass is 10.0. The fourth-order valence-electron chi connectivity index (χ4n) is 2.41. The minimum atomic E-state index is 0.798. The third-order valence-electron chi connectivity index (χ3n) is 3.24. The first-order valence-electron chi connectivity index (χ1n) is 6.19. The van der Waals surface area contributed by atoms with Crippen molar-refractivity contribution in [2.75, 3.05) is 39.9 Å². The van der Waals surface area contributed by atoms with E-state index in [2.05, 4.69) is 24.1 Å². The van der Waals surface area contributed by atoms with Gasteiger partial charge >= 0.3 is 0 Å². The zero-order valence-electron chi connectivity index (χ0n) is 10.5. The van der Waals surface area contributed by atoms with E-state index in [1.807, 2.05) is 0 Å². The van der Waals surface area contributed by atoms with E-state index in [1.165, 1.54) is 25.9 Å². The Balaban J connectivity index is 2.09. The Bertz CT molecular complexity index is 162. The van der Waals surface area contributed by atoms with Gasteiger partial charge in [-0.15, -0.1) is 0 Å². The predicted molar refractivity (Wildman–Crippen MR) is 64.2 cm³/mol. The molecule has 15 heavy (non-hydrogen) atoms. The fraction of sp³-hybridized carbons (Fsp3) is 1.00. The van der Waals surface area contributed by atoms with Gasteiger partial charge in [0.05, 0.1) is 6.61 Å². The third-order valence-corrected chi connectivity index (χ3v) is 3.24. The highest BCUT2D eigenvalue weighted by Gasteiger charge is 2.25. The molecule has 3 nitrogen and oxygen atoms in total. The van der Waals surface area contributed by atoms with Gasteiger partial charge in [-0.2, -0.15) is 0 Å². The van der Waals surface area contributed by atoms with E-state index in [9.17, 15) is 0 Å². The van der Waals surface area contributed by atoms with Crippen molar-refractivity contribution < 1.29 is 4.74 Å². The van der Waals surface area contributed by atoms with Crippen LogP contribution in [0.15, 0.2) is 0 Å². The minimum absolute atomic E-state index is 0.798. The topological polar surface area (TPSA) is 24.5 Å². The molecule has 1 unspecified atom stereocenters. The monoisotopic (exact) mass is 214 g/mol. The summed E-state index contributed by atoms with van der Waals surface area (Å²) in [4.78, 5) is 2.63. The molecule has 1 aliphatic rings. The molecule has 0 amide bonds. The smallest absolute Gasteiger partial charge is 0.0587 e. The van der Waals surface area contributed by atoms with Crippen LogP contribution in [0, 0.1) is 5.92 Å². The van der Waals surface area contributed by atoms with E-state index in [0.717, 1.165) is 31.7 Å². The third kappa shape index (κ3) is 4.49. The Hall–Kier alpha value is -0.120. The van der Waals surface area contributed by atoms with Crippen LogP contribution in [0.1, 0.15) is 26.7 Å². The van der Waals surface area contributed by atoms with Gasteiger partial charge < -0.3 is 10.1 Å². The molecule has 0 saturated carbocycles. The molecule has 0 aromatic carbocycles. The minimum Gasteiger partial charge on any atom is -0.383 e. The number of nitrogens with zero attached hydrogens (tertiary/aromatic N) is 1. The van der Waals surface area contributed by atoms with E-state index in [-0.39, 0.29) is 0 Å². The first-order valence-corrected chi connectivity index (χ1v) is 6.19. The van der Waals surface area contributed by atoms with Crippen molar-refractivity contribution in [1.82, 2.24) is 10.2 Å². The summed E-state index contributed by atoms with van der Waals surface area (Å²) in [6, 6.07) is 0.814. The van der Waals surface area contributed by atoms with Crippen LogP contribution < -0.4 is 5.32 Å². The summed E-state index contributed by atoms with van der Waals surface area (Å²) in [6.45, 7) is 10.0. The number of nitrogens with one attached hydrogen (secondary N) is 1. The molecule has 1 fully saturated rings. The largest absolute Gasteiger partial charge is 0.383 e. The summed E-state index contributed by atoms with van der Waals surface area (Å²) in [6.07, 6.45) is 2.76. The molecular formula is C12H26N2O. The number of rotatable bonds is 7. The first kappa shape index (κ1) is 12.9. The Morgan fingerprint density at radius 1 is 1.40 bits per heavy atom. The molecule has 1 heterocycles. The summed E-state index contributed by atoms with van der Waals surface area (Å²) in [5.41, 5.74) is 0. The lowest BCUT2D eigenvalue weighted by Crippen LogP contribution is -2.38. The standard InChI is InChI=1S/C12H26N2O/c1-11(2)12-5-4-8-14(12)9-6-13-7-10-15-3/h11-13H,4-10H2,1-3H3. The van der Waals surface area contributed by atoms with Gasteiger partial charge in [0.2, 0.25) is 0 Å². The van der Waals surface area contributed by atoms with Crippen LogP contribution in [-0.2, 0) is 4.74 Å². The van der Waals surface area contributed by atoms with Crippen LogP contribution in [0.2, 0.25) is 0 Å². The van der Waals surface area contributed by atoms with Crippen molar-refractivity contribution in [3.05, 3.63) is 0 Å². The molecule has 1 aliphatic heterocycles. The van der Waals surface area contributed by atoms with E-state index in [0.29, 0.717) is 0 Å². The molecule has 0 aromatic heterocycles. The molecule has 90 valence electrons. The average molecular weight is 214 g/mol. The van der Waals surface area contributed by atoms with Gasteiger partial charge in [0.1, 0.15) is 0 Å². The number of hydrogen-bond acceptors (Lipinski definition) is 3. The number of ether oxygens (including phenoxy) is 1. The maximum atomic E-state index is 5.00. The Kier molecular flexibility index (Phi) is 6.22. The summed E-state index contributed by atoms with van der Waals surface area (Å²) < 4.78 is 5.00. The zero-order chi connectivity index (χ0) is 11.1. The molecule has 1 rings (SSSR count). The molecule has 0 aromatic rings. The maximum Gasteiger partial charge on any atom is 0.0587 e. The van der Waals surface area contributed by atoms with Crippen LogP contribution in [0.5, 0.6) is 0 Å². The highest BCUT2D eigenvalue weighted by molar-refractivity contribution is 4.81. The van der Waals surface area contributed by atoms with Crippen molar-refractivity contribution in [2.24, 2.45) is 5.92 Å². The summed E-state index contributed by atoms with van der Waals surface area (Å²) >= 11 is 0. The number of likely N-dealkylation sites (tertiary alicyclic amines) is 1. The van der Waals surface area contributed by atoms with E-state index in [4.69, 9.17) is 4.74 Å². The Morgan fingerprint density at radius 3 is 2.87 bits per heavy atom. The van der Waals surface area contributed by atoms with Crippen LogP contribution in [-0.4, -0.2) is 50.8 Å². The number of hydrogen-bond donors (Lipinski definition) is 1. The molecule has 0 aliphatic carbocycles. The molecule has 1 N–H and O–H groups in total. The Morgan fingerprint density at radius 2 is 2.20 bits per heavy atom. The fourth-order valence-corrected chi connectivity index (χ4v) is 2.41. The maximum absolute atomic E-state index is 5.00. The second-order valence-electron chi connectivity index (χ2n) is 4.73. The second-order valence-corrected chi connectivity index (χ2v) is 4.73. The molecule has 1 atom stereocenters. The number of methoxy groups -OCH3 is 1. The van der Waals surface area contributed by atoms with Crippen molar-refractivity contribution in [2.45, 2.75) is 32.7 Å². The van der Waals surface area contributed by atoms with Crippen LogP contribution in [0.3, 0.4) is 0 Å². The van der Waals surface area contributed by atoms with Crippen molar-refractivity contribution in [1.29, 1.82) is 0 Å². The highest BCUT2D eigenvalue weighted by Crippen LogP contribution is 2.22. The van der Waals surface area contributed by atoms with Crippen molar-refractivity contribution >= 4 is 0 Å². The van der Waals surface area contributed by atoms with Gasteiger partial charge in [0.25, 0.3) is 0 Å². The normalized spacial score (nSPS) is 22.8. The molecule has 1 saturated heterocycles. The van der Waals surface area contributed by atoms with E-state index >= 15 is 0 Å². The summed E-state index contributed by atoms with van der Waals surface area (Å²) in [7, 11) is 1.75. The van der Waals surface area contributed by atoms with Crippen LogP contribution in [0.25, 0.3) is 0 Å². The average Bonchev–Trinajstić information content (AvgIpc) is 2.66. The summed E-state index contributed by atoms with van der Waals surface area (Å²) in [5.74, 6) is 0.798. The van der Waals surface area contributed by atoms with Gasteiger partial charge in [-0.25, -0.2) is 0 Å². The zero-order valence-corrected chi connectivity index (χ0v) is 10.5. The van der Waals surface area contributed by atoms with Gasteiger partial charge in [0, 0.05) is 32.8 Å². The Labute approximate surface area is 94.2 Å². The molecule has 0 radical (unpaired) electrons. The van der Waals surface area contributed by atoms with Gasteiger partial charge in [-0.1, -0.05) is 13.8 Å². The van der Waals surface area contributed by atoms with Gasteiger partial charge in [-0.05, 0) is 25.3 Å². The van der Waals surface area contributed by atoms with Gasteiger partial charge in [0.15, 0.2) is 0 Å². The predicted octanol–water partition coefficient (Wildman–Crippen LogP) is 1.34. The SMILES string of the molecule is COCCNCCN1CCCC1C(C)C.